The van der Waals surface area contributed by atoms with Crippen LogP contribution in [0.2, 0.25) is 0 Å². The number of hydrogen-bond donors (Lipinski definition) is 0. The molecule has 100 valence electrons. The van der Waals surface area contributed by atoms with E-state index in [1.54, 1.807) is 0 Å². The Morgan fingerprint density at radius 2 is 1.84 bits per heavy atom. The summed E-state index contributed by atoms with van der Waals surface area (Å²) < 4.78 is 0. The van der Waals surface area contributed by atoms with Crippen LogP contribution in [0, 0.1) is 5.92 Å². The molecule has 1 saturated carbocycles. The molecule has 1 heterocycles. The van der Waals surface area contributed by atoms with Gasteiger partial charge in [-0.25, -0.2) is 0 Å². The highest BCUT2D eigenvalue weighted by atomic mass is 15.2. The van der Waals surface area contributed by atoms with E-state index in [9.17, 15) is 0 Å². The minimum atomic E-state index is 0.699. The Bertz CT molecular complexity index is 496. The fourth-order valence-corrected chi connectivity index (χ4v) is 3.13. The lowest BCUT2D eigenvalue weighted by molar-refractivity contribution is 0.507. The summed E-state index contributed by atoms with van der Waals surface area (Å²) in [6, 6.07) is 8.82. The van der Waals surface area contributed by atoms with Gasteiger partial charge in [0.2, 0.25) is 0 Å². The zero-order chi connectivity index (χ0) is 13.1. The molecule has 1 aliphatic carbocycles. The maximum atomic E-state index is 4.55. The van der Waals surface area contributed by atoms with E-state index in [4.69, 9.17) is 0 Å². The summed E-state index contributed by atoms with van der Waals surface area (Å²) >= 11 is 0. The topological polar surface area (TPSA) is 24.7 Å². The van der Waals surface area contributed by atoms with Crippen molar-refractivity contribution >= 4 is 11.4 Å². The molecule has 19 heavy (non-hydrogen) atoms. The molecule has 1 aromatic carbocycles. The standard InChI is InChI=1S/C17H22N2/c1-2-13-7-9-15(10-8-13)17-12-11-14-5-3-4-6-16(14)18-19-17/h7-10,14H,2-6,11-12H2,1H3/t14-/m0/s1. The van der Waals surface area contributed by atoms with Crippen LogP contribution in [-0.4, -0.2) is 11.4 Å². The zero-order valence-corrected chi connectivity index (χ0v) is 11.7. The molecule has 2 heteroatoms. The van der Waals surface area contributed by atoms with Crippen LogP contribution in [0.1, 0.15) is 56.6 Å². The maximum Gasteiger partial charge on any atom is 0.0702 e. The van der Waals surface area contributed by atoms with Gasteiger partial charge in [0.05, 0.1) is 5.71 Å². The number of fused-ring (bicyclic) bond motifs is 1. The second-order valence-corrected chi connectivity index (χ2v) is 5.67. The van der Waals surface area contributed by atoms with Crippen LogP contribution in [0.4, 0.5) is 0 Å². The van der Waals surface area contributed by atoms with Crippen LogP contribution < -0.4 is 0 Å². The largest absolute Gasteiger partial charge is 0.160 e. The fourth-order valence-electron chi connectivity index (χ4n) is 3.13. The van der Waals surface area contributed by atoms with E-state index >= 15 is 0 Å². The molecule has 2 nitrogen and oxygen atoms in total. The smallest absolute Gasteiger partial charge is 0.0702 e. The first-order valence-electron chi connectivity index (χ1n) is 7.59. The van der Waals surface area contributed by atoms with Crippen LogP contribution in [0.5, 0.6) is 0 Å². The molecule has 0 radical (unpaired) electrons. The van der Waals surface area contributed by atoms with Gasteiger partial charge in [0, 0.05) is 5.71 Å². The molecule has 0 spiro atoms. The van der Waals surface area contributed by atoms with E-state index < -0.39 is 0 Å². The second kappa shape index (κ2) is 5.68. The molecule has 1 atom stereocenters. The average molecular weight is 254 g/mol. The first kappa shape index (κ1) is 12.6. The van der Waals surface area contributed by atoms with Crippen molar-refractivity contribution < 1.29 is 0 Å². The second-order valence-electron chi connectivity index (χ2n) is 5.67. The van der Waals surface area contributed by atoms with Crippen molar-refractivity contribution in [3.8, 4) is 0 Å². The highest BCUT2D eigenvalue weighted by molar-refractivity contribution is 6.02. The van der Waals surface area contributed by atoms with Gasteiger partial charge in [0.25, 0.3) is 0 Å². The van der Waals surface area contributed by atoms with Gasteiger partial charge in [-0.05, 0) is 55.6 Å². The van der Waals surface area contributed by atoms with Crippen LogP contribution in [0.15, 0.2) is 34.5 Å². The lowest BCUT2D eigenvalue weighted by atomic mass is 9.83. The third kappa shape index (κ3) is 2.78. The Morgan fingerprint density at radius 3 is 2.63 bits per heavy atom. The summed E-state index contributed by atoms with van der Waals surface area (Å²) in [5.41, 5.74) is 5.16. The molecule has 1 aliphatic heterocycles. The highest BCUT2D eigenvalue weighted by Gasteiger charge is 2.23. The van der Waals surface area contributed by atoms with Gasteiger partial charge >= 0.3 is 0 Å². The van der Waals surface area contributed by atoms with Crippen molar-refractivity contribution in [2.24, 2.45) is 16.1 Å². The van der Waals surface area contributed by atoms with Gasteiger partial charge in [0.1, 0.15) is 0 Å². The van der Waals surface area contributed by atoms with Crippen molar-refractivity contribution in [2.45, 2.75) is 51.9 Å². The molecule has 2 aliphatic rings. The van der Waals surface area contributed by atoms with Crippen molar-refractivity contribution in [3.05, 3.63) is 35.4 Å². The fraction of sp³-hybridized carbons (Fsp3) is 0.529. The van der Waals surface area contributed by atoms with Gasteiger partial charge in [-0.1, -0.05) is 37.6 Å². The van der Waals surface area contributed by atoms with E-state index in [-0.39, 0.29) is 0 Å². The number of nitrogens with zero attached hydrogens (tertiary/aromatic N) is 2. The lowest BCUT2D eigenvalue weighted by Crippen LogP contribution is -2.18. The molecule has 0 saturated heterocycles. The summed E-state index contributed by atoms with van der Waals surface area (Å²) in [5, 5.41) is 9.09. The molecule has 1 fully saturated rings. The Hall–Kier alpha value is -1.44. The van der Waals surface area contributed by atoms with Crippen LogP contribution >= 0.6 is 0 Å². The summed E-state index contributed by atoms with van der Waals surface area (Å²) in [4.78, 5) is 0. The lowest BCUT2D eigenvalue weighted by Gasteiger charge is -2.21. The van der Waals surface area contributed by atoms with E-state index in [0.717, 1.165) is 19.3 Å². The first-order chi connectivity index (χ1) is 9.36. The molecule has 0 N–H and O–H groups in total. The predicted molar refractivity (Wildman–Crippen MR) is 81.0 cm³/mol. The van der Waals surface area contributed by atoms with Crippen LogP contribution in [0.25, 0.3) is 0 Å². The molecule has 0 aromatic heterocycles. The van der Waals surface area contributed by atoms with Gasteiger partial charge < -0.3 is 0 Å². The minimum absolute atomic E-state index is 0.699. The Kier molecular flexibility index (Phi) is 3.77. The van der Waals surface area contributed by atoms with E-state index in [1.165, 1.54) is 48.2 Å². The first-order valence-corrected chi connectivity index (χ1v) is 7.59. The van der Waals surface area contributed by atoms with Crippen molar-refractivity contribution in [1.29, 1.82) is 0 Å². The van der Waals surface area contributed by atoms with E-state index in [2.05, 4.69) is 41.4 Å². The number of aryl methyl sites for hydroxylation is 1. The Morgan fingerprint density at radius 1 is 1.00 bits per heavy atom. The molecule has 0 bridgehead atoms. The molecule has 0 amide bonds. The highest BCUT2D eigenvalue weighted by Crippen LogP contribution is 2.28. The maximum absolute atomic E-state index is 4.55. The third-order valence-corrected chi connectivity index (χ3v) is 4.43. The normalized spacial score (nSPS) is 23.1. The summed E-state index contributed by atoms with van der Waals surface area (Å²) in [6.07, 6.45) is 8.54. The molecule has 3 rings (SSSR count). The molecular formula is C17H22N2. The number of rotatable bonds is 2. The average Bonchev–Trinajstić information content (AvgIpc) is 2.70. The number of hydrogen-bond acceptors (Lipinski definition) is 2. The Labute approximate surface area is 115 Å². The quantitative estimate of drug-likeness (QED) is 0.748. The van der Waals surface area contributed by atoms with Crippen LogP contribution in [0.3, 0.4) is 0 Å². The van der Waals surface area contributed by atoms with Crippen molar-refractivity contribution in [3.63, 3.8) is 0 Å². The summed E-state index contributed by atoms with van der Waals surface area (Å²) in [5.74, 6) is 0.699. The summed E-state index contributed by atoms with van der Waals surface area (Å²) in [6.45, 7) is 2.19. The van der Waals surface area contributed by atoms with E-state index in [1.807, 2.05) is 0 Å². The minimum Gasteiger partial charge on any atom is -0.160 e. The van der Waals surface area contributed by atoms with E-state index in [0.29, 0.717) is 5.92 Å². The van der Waals surface area contributed by atoms with Gasteiger partial charge in [-0.15, -0.1) is 0 Å². The monoisotopic (exact) mass is 254 g/mol. The summed E-state index contributed by atoms with van der Waals surface area (Å²) in [7, 11) is 0. The molecule has 1 aromatic rings. The third-order valence-electron chi connectivity index (χ3n) is 4.43. The zero-order valence-electron chi connectivity index (χ0n) is 11.7. The van der Waals surface area contributed by atoms with Gasteiger partial charge in [-0.2, -0.15) is 10.2 Å². The number of benzene rings is 1. The molecule has 0 unspecified atom stereocenters. The van der Waals surface area contributed by atoms with Crippen molar-refractivity contribution in [1.82, 2.24) is 0 Å². The van der Waals surface area contributed by atoms with Gasteiger partial charge in [-0.3, -0.25) is 0 Å². The molecular weight excluding hydrogens is 232 g/mol. The Balaban J connectivity index is 1.81. The van der Waals surface area contributed by atoms with Crippen molar-refractivity contribution in [2.75, 3.05) is 0 Å². The van der Waals surface area contributed by atoms with Gasteiger partial charge in [0.15, 0.2) is 0 Å². The SMILES string of the molecule is CCc1ccc(C2=NN=C3CCCC[C@H]3CC2)cc1. The predicted octanol–water partition coefficient (Wildman–Crippen LogP) is 4.38. The van der Waals surface area contributed by atoms with Crippen LogP contribution in [-0.2, 0) is 6.42 Å².